The number of rotatable bonds is 9. The molecule has 224 valence electrons. The highest BCUT2D eigenvalue weighted by Gasteiger charge is 2.69. The van der Waals surface area contributed by atoms with E-state index in [1.54, 1.807) is 23.2 Å². The van der Waals surface area contributed by atoms with E-state index >= 15 is 0 Å². The summed E-state index contributed by atoms with van der Waals surface area (Å²) in [5.41, 5.74) is 6.75. The number of benzene rings is 2. The van der Waals surface area contributed by atoms with Gasteiger partial charge in [-0.05, 0) is 29.2 Å². The number of aromatic nitrogens is 2. The van der Waals surface area contributed by atoms with Crippen LogP contribution < -0.4 is 16.4 Å². The fourth-order valence-electron chi connectivity index (χ4n) is 6.86. The Labute approximate surface area is 249 Å². The summed E-state index contributed by atoms with van der Waals surface area (Å²) in [4.78, 5) is 55.7. The molecule has 1 aliphatic carbocycles. The van der Waals surface area contributed by atoms with Crippen molar-refractivity contribution < 1.29 is 23.9 Å². The number of likely N-dealkylation sites (tertiary alicyclic amines) is 1. The van der Waals surface area contributed by atoms with Crippen LogP contribution in [-0.2, 0) is 30.3 Å². The SMILES string of the molecule is CC1(C)[C@@H]2[C@@H](C(=O)NC(C(N)=O)c3nncc4ccccc34)N(C(=O)[C@H](Cc3ccccc3)NC(=O)[C@@H]3CCOC3)C[C@@H]21. The molecule has 2 aromatic carbocycles. The highest BCUT2D eigenvalue weighted by Crippen LogP contribution is 2.65. The van der Waals surface area contributed by atoms with Gasteiger partial charge < -0.3 is 26.0 Å². The number of nitrogens with zero attached hydrogens (tertiary/aromatic N) is 3. The Morgan fingerprint density at radius 3 is 2.51 bits per heavy atom. The highest BCUT2D eigenvalue weighted by molar-refractivity contribution is 5.97. The first-order valence-corrected chi connectivity index (χ1v) is 14.7. The predicted molar refractivity (Wildman–Crippen MR) is 157 cm³/mol. The third-order valence-corrected chi connectivity index (χ3v) is 9.40. The van der Waals surface area contributed by atoms with E-state index in [0.29, 0.717) is 31.6 Å². The molecule has 6 atom stereocenters. The van der Waals surface area contributed by atoms with Gasteiger partial charge in [0.25, 0.3) is 0 Å². The normalized spacial score (nSPS) is 25.0. The summed E-state index contributed by atoms with van der Waals surface area (Å²) in [6.45, 7) is 5.35. The van der Waals surface area contributed by atoms with Gasteiger partial charge in [0.2, 0.25) is 23.6 Å². The second-order valence-corrected chi connectivity index (χ2v) is 12.4. The molecule has 3 heterocycles. The van der Waals surface area contributed by atoms with Crippen LogP contribution in [0.1, 0.15) is 37.6 Å². The van der Waals surface area contributed by atoms with Gasteiger partial charge in [-0.1, -0.05) is 68.4 Å². The Kier molecular flexibility index (Phi) is 7.59. The molecule has 3 aromatic rings. The molecule has 1 saturated carbocycles. The second-order valence-electron chi connectivity index (χ2n) is 12.4. The first-order valence-electron chi connectivity index (χ1n) is 14.7. The van der Waals surface area contributed by atoms with E-state index in [1.807, 2.05) is 42.5 Å². The topological polar surface area (TPSA) is 157 Å². The van der Waals surface area contributed by atoms with Crippen LogP contribution in [0.5, 0.6) is 0 Å². The third-order valence-electron chi connectivity index (χ3n) is 9.40. The number of hydrogen-bond acceptors (Lipinski definition) is 7. The van der Waals surface area contributed by atoms with Crippen molar-refractivity contribution >= 4 is 34.4 Å². The average molecular weight is 585 g/mol. The van der Waals surface area contributed by atoms with Crippen LogP contribution >= 0.6 is 0 Å². The van der Waals surface area contributed by atoms with Crippen molar-refractivity contribution in [2.45, 2.75) is 44.8 Å². The first kappa shape index (κ1) is 28.7. The Morgan fingerprint density at radius 1 is 1.05 bits per heavy atom. The van der Waals surface area contributed by atoms with E-state index in [2.05, 4.69) is 34.7 Å². The number of primary amides is 1. The maximum atomic E-state index is 14.2. The van der Waals surface area contributed by atoms with Crippen molar-refractivity contribution in [3.05, 3.63) is 72.1 Å². The van der Waals surface area contributed by atoms with Crippen molar-refractivity contribution in [2.75, 3.05) is 19.8 Å². The number of fused-ring (bicyclic) bond motifs is 2. The second kappa shape index (κ2) is 11.4. The summed E-state index contributed by atoms with van der Waals surface area (Å²) in [6.07, 6.45) is 2.45. The van der Waals surface area contributed by atoms with Crippen LogP contribution in [0.25, 0.3) is 10.8 Å². The van der Waals surface area contributed by atoms with Gasteiger partial charge >= 0.3 is 0 Å². The fraction of sp³-hybridized carbons (Fsp3) is 0.438. The zero-order chi connectivity index (χ0) is 30.3. The Balaban J connectivity index is 1.28. The van der Waals surface area contributed by atoms with E-state index in [0.717, 1.165) is 10.9 Å². The summed E-state index contributed by atoms with van der Waals surface area (Å²) < 4.78 is 5.39. The Hall–Kier alpha value is -4.38. The number of carbonyl (C=O) groups excluding carboxylic acids is 4. The van der Waals surface area contributed by atoms with Crippen molar-refractivity contribution in [1.29, 1.82) is 0 Å². The largest absolute Gasteiger partial charge is 0.381 e. The average Bonchev–Trinajstić information content (AvgIpc) is 3.46. The van der Waals surface area contributed by atoms with E-state index in [4.69, 9.17) is 10.5 Å². The van der Waals surface area contributed by atoms with Gasteiger partial charge in [0, 0.05) is 30.3 Å². The number of nitrogens with two attached hydrogens (primary N) is 1. The summed E-state index contributed by atoms with van der Waals surface area (Å²) in [7, 11) is 0. The molecule has 11 heteroatoms. The molecule has 0 spiro atoms. The minimum Gasteiger partial charge on any atom is -0.381 e. The zero-order valence-electron chi connectivity index (χ0n) is 24.2. The van der Waals surface area contributed by atoms with E-state index in [1.165, 1.54) is 0 Å². The van der Waals surface area contributed by atoms with Crippen LogP contribution in [0.4, 0.5) is 0 Å². The molecule has 0 radical (unpaired) electrons. The fourth-order valence-corrected chi connectivity index (χ4v) is 6.86. The smallest absolute Gasteiger partial charge is 0.246 e. The van der Waals surface area contributed by atoms with Gasteiger partial charge in [-0.15, -0.1) is 0 Å². The lowest BCUT2D eigenvalue weighted by atomic mass is 9.97. The predicted octanol–water partition coefficient (Wildman–Crippen LogP) is 1.52. The van der Waals surface area contributed by atoms with Crippen molar-refractivity contribution in [3.8, 4) is 0 Å². The maximum absolute atomic E-state index is 14.2. The van der Waals surface area contributed by atoms with Crippen LogP contribution in [0.15, 0.2) is 60.8 Å². The number of hydrogen-bond donors (Lipinski definition) is 3. The summed E-state index contributed by atoms with van der Waals surface area (Å²) in [5, 5.41) is 15.3. The molecule has 4 amide bonds. The molecular formula is C32H36N6O5. The van der Waals surface area contributed by atoms with Crippen LogP contribution in [-0.4, -0.2) is 70.6 Å². The Bertz CT molecular complexity index is 1550. The monoisotopic (exact) mass is 584 g/mol. The molecule has 2 saturated heterocycles. The van der Waals surface area contributed by atoms with Gasteiger partial charge in [-0.2, -0.15) is 10.2 Å². The number of nitrogens with one attached hydrogen (secondary N) is 2. The molecule has 6 rings (SSSR count). The van der Waals surface area contributed by atoms with Crippen molar-refractivity contribution in [2.24, 2.45) is 28.9 Å². The van der Waals surface area contributed by atoms with Crippen molar-refractivity contribution in [1.82, 2.24) is 25.7 Å². The van der Waals surface area contributed by atoms with Gasteiger partial charge in [0.1, 0.15) is 17.8 Å². The molecule has 1 aromatic heterocycles. The van der Waals surface area contributed by atoms with Gasteiger partial charge in [-0.3, -0.25) is 19.2 Å². The summed E-state index contributed by atoms with van der Waals surface area (Å²) >= 11 is 0. The standard InChI is InChI=1S/C32H36N6O5/c1-32(2)22-16-38(31(42)23(14-18-8-4-3-5-9-18)35-29(40)20-12-13-43-17-20)27(24(22)32)30(41)36-26(28(33)39)25-21-11-7-6-10-19(21)15-34-37-25/h3-11,15,20,22-24,26-27H,12-14,16-17H2,1-2H3,(H2,33,39)(H,35,40)(H,36,41)/t20-,22+,23+,24+,26?,27+/m1/s1. The van der Waals surface area contributed by atoms with Crippen LogP contribution in [0.3, 0.4) is 0 Å². The number of carbonyl (C=O) groups is 4. The molecule has 4 N–H and O–H groups in total. The number of ether oxygens (including phenoxy) is 1. The van der Waals surface area contributed by atoms with Crippen LogP contribution in [0.2, 0.25) is 0 Å². The molecular weight excluding hydrogens is 548 g/mol. The quantitative estimate of drug-likeness (QED) is 0.344. The lowest BCUT2D eigenvalue weighted by Gasteiger charge is -2.34. The van der Waals surface area contributed by atoms with E-state index < -0.39 is 29.9 Å². The zero-order valence-corrected chi connectivity index (χ0v) is 24.2. The van der Waals surface area contributed by atoms with E-state index in [-0.39, 0.29) is 47.1 Å². The van der Waals surface area contributed by atoms with Crippen molar-refractivity contribution in [3.63, 3.8) is 0 Å². The Morgan fingerprint density at radius 2 is 1.79 bits per heavy atom. The maximum Gasteiger partial charge on any atom is 0.246 e. The minimum atomic E-state index is -1.24. The van der Waals surface area contributed by atoms with Gasteiger partial charge in [0.15, 0.2) is 6.04 Å². The third kappa shape index (κ3) is 5.45. The number of piperidine rings is 1. The number of amides is 4. The summed E-state index contributed by atoms with van der Waals surface area (Å²) in [6, 6.07) is 13.8. The molecule has 1 unspecified atom stereocenters. The lowest BCUT2D eigenvalue weighted by Crippen LogP contribution is -2.57. The summed E-state index contributed by atoms with van der Waals surface area (Å²) in [5.74, 6) is -2.17. The first-order chi connectivity index (χ1) is 20.7. The molecule has 3 aliphatic rings. The molecule has 3 fully saturated rings. The van der Waals surface area contributed by atoms with Gasteiger partial charge in [-0.25, -0.2) is 0 Å². The van der Waals surface area contributed by atoms with Gasteiger partial charge in [0.05, 0.1) is 18.7 Å². The minimum absolute atomic E-state index is 0.105. The van der Waals surface area contributed by atoms with Crippen LogP contribution in [0, 0.1) is 23.2 Å². The lowest BCUT2D eigenvalue weighted by molar-refractivity contribution is -0.144. The molecule has 2 aliphatic heterocycles. The molecule has 11 nitrogen and oxygen atoms in total. The highest BCUT2D eigenvalue weighted by atomic mass is 16.5. The molecule has 43 heavy (non-hydrogen) atoms. The molecule has 0 bridgehead atoms. The van der Waals surface area contributed by atoms with E-state index in [9.17, 15) is 19.2 Å².